The number of morpholine rings is 1. The van der Waals surface area contributed by atoms with E-state index in [1.165, 1.54) is 0 Å². The van der Waals surface area contributed by atoms with Gasteiger partial charge in [0.25, 0.3) is 0 Å². The van der Waals surface area contributed by atoms with Crippen LogP contribution in [0, 0.1) is 5.92 Å². The van der Waals surface area contributed by atoms with Gasteiger partial charge in [-0.3, -0.25) is 14.5 Å². The normalized spacial score (nSPS) is 22.5. The molecule has 2 fully saturated rings. The summed E-state index contributed by atoms with van der Waals surface area (Å²) in [7, 11) is 0. The number of aliphatic hydroxyl groups excluding tert-OH is 2. The van der Waals surface area contributed by atoms with Crippen molar-refractivity contribution in [3.8, 4) is 5.75 Å². The van der Waals surface area contributed by atoms with Crippen molar-refractivity contribution in [2.45, 2.75) is 68.9 Å². The van der Waals surface area contributed by atoms with Gasteiger partial charge in [-0.1, -0.05) is 66.7 Å². The third-order valence-corrected chi connectivity index (χ3v) is 9.90. The average molecular weight is 672 g/mol. The highest BCUT2D eigenvalue weighted by atomic mass is 16.5. The van der Waals surface area contributed by atoms with Crippen LogP contribution in [-0.4, -0.2) is 97.3 Å². The zero-order valence-electron chi connectivity index (χ0n) is 28.0. The van der Waals surface area contributed by atoms with E-state index >= 15 is 0 Å². The van der Waals surface area contributed by atoms with Crippen molar-refractivity contribution >= 4 is 11.8 Å². The molecule has 49 heavy (non-hydrogen) atoms. The zero-order chi connectivity index (χ0) is 34.0. The van der Waals surface area contributed by atoms with E-state index in [1.807, 2.05) is 78.9 Å². The van der Waals surface area contributed by atoms with Gasteiger partial charge in [0.1, 0.15) is 18.5 Å². The molecule has 3 aliphatic rings. The highest BCUT2D eigenvalue weighted by molar-refractivity contribution is 5.81. The molecule has 4 N–H and O–H groups in total. The van der Waals surface area contributed by atoms with Crippen LogP contribution in [0.3, 0.4) is 0 Å². The summed E-state index contributed by atoms with van der Waals surface area (Å²) < 4.78 is 17.0. The Hall–Kier alpha value is -3.80. The fraction of sp³-hybridized carbons (Fsp3) is 0.487. The third-order valence-electron chi connectivity index (χ3n) is 9.90. The Kier molecular flexibility index (Phi) is 12.3. The summed E-state index contributed by atoms with van der Waals surface area (Å²) in [4.78, 5) is 29.6. The molecule has 0 bridgehead atoms. The van der Waals surface area contributed by atoms with Gasteiger partial charge in [0, 0.05) is 38.6 Å². The molecular formula is C39H49N3O7. The second-order valence-corrected chi connectivity index (χ2v) is 13.4. The average Bonchev–Trinajstić information content (AvgIpc) is 3.78. The summed E-state index contributed by atoms with van der Waals surface area (Å²) in [5.41, 5.74) is 3.81. The first-order chi connectivity index (χ1) is 23.9. The van der Waals surface area contributed by atoms with Gasteiger partial charge in [0.2, 0.25) is 11.8 Å². The highest BCUT2D eigenvalue weighted by Crippen LogP contribution is 2.32. The standard InChI is InChI=1S/C39H49N3O7/c43-34(33(24-27-7-2-1-3-8-27)40-39(46)36-11-6-19-49-36)26-30(38(45)41-37-32-10-5-4-9-29(32)25-35(37)44)23-28-12-14-31(15-13-28)48-22-18-42-16-20-47-21-17-42/h1-5,7-10,12-15,30,33-37,43-44H,6,11,16-26H2,(H,40,46)(H,41,45)/t30-,33+,34+,35-,36?,37+/m1/s1. The van der Waals surface area contributed by atoms with Gasteiger partial charge < -0.3 is 35.1 Å². The smallest absolute Gasteiger partial charge is 0.249 e. The van der Waals surface area contributed by atoms with Crippen LogP contribution in [-0.2, 0) is 38.3 Å². The van der Waals surface area contributed by atoms with Crippen molar-refractivity contribution in [1.29, 1.82) is 0 Å². The van der Waals surface area contributed by atoms with Crippen molar-refractivity contribution < 1.29 is 34.0 Å². The number of hydrogen-bond donors (Lipinski definition) is 4. The number of rotatable bonds is 15. The Labute approximate surface area is 288 Å². The lowest BCUT2D eigenvalue weighted by Crippen LogP contribution is -2.50. The number of nitrogens with one attached hydrogen (secondary N) is 2. The second-order valence-electron chi connectivity index (χ2n) is 13.4. The largest absolute Gasteiger partial charge is 0.492 e. The van der Waals surface area contributed by atoms with E-state index in [1.54, 1.807) is 0 Å². The minimum Gasteiger partial charge on any atom is -0.492 e. The SMILES string of the molecule is O=C(N[C@@H](Cc1ccccc1)[C@@H](O)C[C@@H](Cc1ccc(OCCN2CCOCC2)cc1)C(=O)N[C@H]1c2ccccc2C[C@H]1O)C1CCCO1. The first kappa shape index (κ1) is 35.0. The molecule has 0 radical (unpaired) electrons. The Morgan fingerprint density at radius 1 is 0.918 bits per heavy atom. The molecule has 0 saturated carbocycles. The number of nitrogens with zero attached hydrogens (tertiary/aromatic N) is 1. The van der Waals surface area contributed by atoms with Gasteiger partial charge in [0.15, 0.2) is 0 Å². The van der Waals surface area contributed by atoms with E-state index in [0.717, 1.165) is 67.3 Å². The molecule has 10 nitrogen and oxygen atoms in total. The van der Waals surface area contributed by atoms with Gasteiger partial charge in [-0.15, -0.1) is 0 Å². The predicted molar refractivity (Wildman–Crippen MR) is 185 cm³/mol. The van der Waals surface area contributed by atoms with E-state index in [9.17, 15) is 19.8 Å². The minimum atomic E-state index is -1.02. The summed E-state index contributed by atoms with van der Waals surface area (Å²) in [6, 6.07) is 24.0. The van der Waals surface area contributed by atoms with Crippen LogP contribution in [0.15, 0.2) is 78.9 Å². The molecule has 1 unspecified atom stereocenters. The fourth-order valence-corrected chi connectivity index (χ4v) is 7.09. The molecule has 6 atom stereocenters. The highest BCUT2D eigenvalue weighted by Gasteiger charge is 2.36. The predicted octanol–water partition coefficient (Wildman–Crippen LogP) is 2.99. The molecule has 3 aromatic rings. The van der Waals surface area contributed by atoms with Crippen LogP contribution in [0.25, 0.3) is 0 Å². The third kappa shape index (κ3) is 9.67. The Bertz CT molecular complexity index is 1490. The number of ether oxygens (including phenoxy) is 3. The Balaban J connectivity index is 1.16. The second kappa shape index (κ2) is 17.2. The van der Waals surface area contributed by atoms with Gasteiger partial charge in [-0.05, 0) is 66.5 Å². The minimum absolute atomic E-state index is 0.109. The number of amides is 2. The Morgan fingerprint density at radius 3 is 2.41 bits per heavy atom. The zero-order valence-corrected chi connectivity index (χ0v) is 28.0. The van der Waals surface area contributed by atoms with Crippen molar-refractivity contribution in [1.82, 2.24) is 15.5 Å². The molecule has 3 aromatic carbocycles. The molecule has 1 aliphatic carbocycles. The summed E-state index contributed by atoms with van der Waals surface area (Å²) in [5.74, 6) is -0.382. The van der Waals surface area contributed by atoms with Gasteiger partial charge in [-0.2, -0.15) is 0 Å². The summed E-state index contributed by atoms with van der Waals surface area (Å²) in [6.07, 6.45) is 0.501. The monoisotopic (exact) mass is 671 g/mol. The first-order valence-electron chi connectivity index (χ1n) is 17.6. The van der Waals surface area contributed by atoms with E-state index < -0.39 is 36.3 Å². The number of benzene rings is 3. The number of carbonyl (C=O) groups is 2. The maximum atomic E-state index is 14.1. The summed E-state index contributed by atoms with van der Waals surface area (Å²) in [6.45, 7) is 5.26. The molecule has 2 heterocycles. The topological polar surface area (TPSA) is 130 Å². The van der Waals surface area contributed by atoms with Crippen molar-refractivity contribution in [3.05, 3.63) is 101 Å². The molecule has 2 aliphatic heterocycles. The number of carbonyl (C=O) groups excluding carboxylic acids is 2. The molecule has 10 heteroatoms. The molecule has 2 saturated heterocycles. The van der Waals surface area contributed by atoms with Gasteiger partial charge in [-0.25, -0.2) is 0 Å². The lowest BCUT2D eigenvalue weighted by molar-refractivity contribution is -0.132. The summed E-state index contributed by atoms with van der Waals surface area (Å²) in [5, 5.41) is 28.8. The fourth-order valence-electron chi connectivity index (χ4n) is 7.09. The molecule has 6 rings (SSSR count). The number of fused-ring (bicyclic) bond motifs is 1. The number of hydrogen-bond acceptors (Lipinski definition) is 8. The lowest BCUT2D eigenvalue weighted by atomic mass is 9.88. The van der Waals surface area contributed by atoms with Crippen LogP contribution in [0.2, 0.25) is 0 Å². The van der Waals surface area contributed by atoms with Crippen LogP contribution in [0.5, 0.6) is 5.75 Å². The molecular weight excluding hydrogens is 622 g/mol. The first-order valence-corrected chi connectivity index (χ1v) is 17.6. The van der Waals surface area contributed by atoms with Gasteiger partial charge in [0.05, 0.1) is 37.5 Å². The van der Waals surface area contributed by atoms with Crippen molar-refractivity contribution in [2.75, 3.05) is 46.1 Å². The quantitative estimate of drug-likeness (QED) is 0.194. The van der Waals surface area contributed by atoms with E-state index in [4.69, 9.17) is 14.2 Å². The van der Waals surface area contributed by atoms with E-state index in [0.29, 0.717) is 38.9 Å². The van der Waals surface area contributed by atoms with Crippen molar-refractivity contribution in [2.24, 2.45) is 5.92 Å². The van der Waals surface area contributed by atoms with Crippen LogP contribution >= 0.6 is 0 Å². The van der Waals surface area contributed by atoms with Crippen LogP contribution < -0.4 is 15.4 Å². The maximum Gasteiger partial charge on any atom is 0.249 e. The Morgan fingerprint density at radius 2 is 1.65 bits per heavy atom. The molecule has 262 valence electrons. The van der Waals surface area contributed by atoms with Crippen LogP contribution in [0.1, 0.15) is 47.6 Å². The molecule has 0 spiro atoms. The lowest BCUT2D eigenvalue weighted by Gasteiger charge is -2.29. The summed E-state index contributed by atoms with van der Waals surface area (Å²) >= 11 is 0. The maximum absolute atomic E-state index is 14.1. The van der Waals surface area contributed by atoms with Crippen LogP contribution in [0.4, 0.5) is 0 Å². The number of aliphatic hydroxyl groups is 2. The molecule has 0 aromatic heterocycles. The molecule has 2 amide bonds. The van der Waals surface area contributed by atoms with Gasteiger partial charge >= 0.3 is 0 Å². The van der Waals surface area contributed by atoms with E-state index in [2.05, 4.69) is 15.5 Å². The van der Waals surface area contributed by atoms with E-state index in [-0.39, 0.29) is 18.2 Å². The van der Waals surface area contributed by atoms with Crippen molar-refractivity contribution in [3.63, 3.8) is 0 Å².